The smallest absolute Gasteiger partial charge is 1.00 e. The Morgan fingerprint density at radius 3 is 2.13 bits per heavy atom. The Labute approximate surface area is 261 Å². The number of hydrogen-bond acceptors (Lipinski definition) is 0. The summed E-state index contributed by atoms with van der Waals surface area (Å²) in [5, 5.41) is 10.8. The fraction of sp³-hybridized carbons (Fsp3) is 0.0556. The molecule has 39 heavy (non-hydrogen) atoms. The number of fused-ring (bicyclic) bond motifs is 4. The molecule has 0 spiro atoms. The molecule has 0 heterocycles. The van der Waals surface area contributed by atoms with Gasteiger partial charge in [-0.2, -0.15) is 12.1 Å². The number of benzene rings is 5. The Hall–Kier alpha value is -2.96. The zero-order valence-corrected chi connectivity index (χ0v) is 25.6. The molecule has 7 aromatic rings. The first-order valence-electron chi connectivity index (χ1n) is 12.6. The molecule has 0 unspecified atom stereocenters. The zero-order valence-electron chi connectivity index (χ0n) is 21.6. The minimum atomic E-state index is 0. The molecule has 0 atom stereocenters. The van der Waals surface area contributed by atoms with Gasteiger partial charge < -0.3 is 24.8 Å². The van der Waals surface area contributed by atoms with E-state index in [1.807, 2.05) is 0 Å². The minimum Gasteiger partial charge on any atom is -1.00 e. The van der Waals surface area contributed by atoms with Crippen LogP contribution in [0.1, 0.15) is 22.3 Å². The van der Waals surface area contributed by atoms with Gasteiger partial charge in [0.2, 0.25) is 0 Å². The fourth-order valence-electron chi connectivity index (χ4n) is 5.82. The summed E-state index contributed by atoms with van der Waals surface area (Å²) in [7, 11) is 0. The quantitative estimate of drug-likeness (QED) is 0.258. The van der Waals surface area contributed by atoms with Crippen molar-refractivity contribution in [2.45, 2.75) is 13.3 Å². The molecule has 0 nitrogen and oxygen atoms in total. The van der Waals surface area contributed by atoms with Crippen molar-refractivity contribution in [3.63, 3.8) is 0 Å². The molecule has 0 fully saturated rings. The molecule has 1 aliphatic carbocycles. The van der Waals surface area contributed by atoms with E-state index in [9.17, 15) is 0 Å². The molecule has 0 aromatic heterocycles. The molecule has 0 amide bonds. The first-order valence-corrected chi connectivity index (χ1v) is 12.6. The summed E-state index contributed by atoms with van der Waals surface area (Å²) < 4.78 is 0. The van der Waals surface area contributed by atoms with Gasteiger partial charge in [0.15, 0.2) is 0 Å². The van der Waals surface area contributed by atoms with Crippen molar-refractivity contribution >= 4 is 54.7 Å². The largest absolute Gasteiger partial charge is 4.00 e. The van der Waals surface area contributed by atoms with E-state index < -0.39 is 0 Å². The monoisotopic (exact) mass is 618 g/mol. The summed E-state index contributed by atoms with van der Waals surface area (Å²) >= 11 is 0. The van der Waals surface area contributed by atoms with E-state index in [0.29, 0.717) is 0 Å². The van der Waals surface area contributed by atoms with E-state index in [-0.39, 0.29) is 51.0 Å². The molecule has 1 aliphatic rings. The third kappa shape index (κ3) is 5.42. The molecule has 188 valence electrons. The molecule has 0 radical (unpaired) electrons. The van der Waals surface area contributed by atoms with Crippen LogP contribution in [-0.2, 0) is 32.6 Å². The summed E-state index contributed by atoms with van der Waals surface area (Å²) in [5.41, 5.74) is 6.94. The second-order valence-corrected chi connectivity index (χ2v) is 9.91. The first kappa shape index (κ1) is 29.0. The average molecular weight is 621 g/mol. The predicted octanol–water partition coefficient (Wildman–Crippen LogP) is 3.83. The van der Waals surface area contributed by atoms with Crippen LogP contribution in [0.5, 0.6) is 0 Å². The van der Waals surface area contributed by atoms with Gasteiger partial charge in [-0.3, -0.25) is 0 Å². The topological polar surface area (TPSA) is 0 Å². The van der Waals surface area contributed by atoms with Crippen LogP contribution in [0.2, 0.25) is 0 Å². The molecule has 0 aliphatic heterocycles. The third-order valence-corrected chi connectivity index (χ3v) is 7.44. The van der Waals surface area contributed by atoms with Crippen LogP contribution in [-0.4, -0.2) is 0 Å². The molecule has 3 heteroatoms. The molecular formula is C36H26Cl2Zr. The van der Waals surface area contributed by atoms with Crippen LogP contribution in [0.4, 0.5) is 0 Å². The second-order valence-electron chi connectivity index (χ2n) is 9.91. The van der Waals surface area contributed by atoms with Gasteiger partial charge in [-0.1, -0.05) is 91.2 Å². The average Bonchev–Trinajstić information content (AvgIpc) is 3.60. The maximum Gasteiger partial charge on any atom is 4.00 e. The van der Waals surface area contributed by atoms with E-state index in [4.69, 9.17) is 0 Å². The van der Waals surface area contributed by atoms with Crippen LogP contribution in [0.3, 0.4) is 0 Å². The maximum atomic E-state index is 2.36. The van der Waals surface area contributed by atoms with Gasteiger partial charge in [-0.25, -0.2) is 0 Å². The normalized spacial score (nSPS) is 11.4. The van der Waals surface area contributed by atoms with E-state index in [1.54, 1.807) is 0 Å². The molecule has 0 bridgehead atoms. The number of hydrogen-bond donors (Lipinski definition) is 0. The summed E-state index contributed by atoms with van der Waals surface area (Å²) in [6.45, 7) is 2.15. The number of rotatable bonds is 2. The van der Waals surface area contributed by atoms with Gasteiger partial charge in [-0.05, 0) is 39.3 Å². The molecule has 8 rings (SSSR count). The van der Waals surface area contributed by atoms with Crippen molar-refractivity contribution in [3.05, 3.63) is 144 Å². The van der Waals surface area contributed by atoms with Gasteiger partial charge in [0, 0.05) is 0 Å². The molecule has 0 N–H and O–H groups in total. The Balaban J connectivity index is 0.000000182. The summed E-state index contributed by atoms with van der Waals surface area (Å²) in [6, 6.07) is 43.9. The van der Waals surface area contributed by atoms with E-state index in [2.05, 4.69) is 134 Å². The van der Waals surface area contributed by atoms with E-state index >= 15 is 0 Å². The van der Waals surface area contributed by atoms with Gasteiger partial charge in [0.1, 0.15) is 0 Å². The van der Waals surface area contributed by atoms with Crippen LogP contribution < -0.4 is 24.8 Å². The minimum absolute atomic E-state index is 0. The summed E-state index contributed by atoms with van der Waals surface area (Å²) in [6.07, 6.45) is 3.36. The molecule has 7 aromatic carbocycles. The Morgan fingerprint density at radius 1 is 0.590 bits per heavy atom. The Morgan fingerprint density at radius 2 is 1.31 bits per heavy atom. The third-order valence-electron chi connectivity index (χ3n) is 7.44. The van der Waals surface area contributed by atoms with Crippen LogP contribution in [0.25, 0.3) is 54.7 Å². The summed E-state index contributed by atoms with van der Waals surface area (Å²) in [5.74, 6) is 0. The first-order chi connectivity index (χ1) is 17.7. The van der Waals surface area contributed by atoms with Crippen molar-refractivity contribution < 1.29 is 51.0 Å². The Bertz CT molecular complexity index is 1900. The van der Waals surface area contributed by atoms with Crippen molar-refractivity contribution in [3.8, 4) is 0 Å². The van der Waals surface area contributed by atoms with Crippen LogP contribution in [0, 0.1) is 6.92 Å². The van der Waals surface area contributed by atoms with Gasteiger partial charge >= 0.3 is 26.2 Å². The predicted molar refractivity (Wildman–Crippen MR) is 157 cm³/mol. The van der Waals surface area contributed by atoms with Gasteiger partial charge in [0.25, 0.3) is 0 Å². The van der Waals surface area contributed by atoms with Crippen molar-refractivity contribution in [2.24, 2.45) is 0 Å². The van der Waals surface area contributed by atoms with Crippen molar-refractivity contribution in [2.75, 3.05) is 0 Å². The molecule has 0 saturated heterocycles. The molecule has 0 saturated carbocycles. The Kier molecular flexibility index (Phi) is 8.97. The second kappa shape index (κ2) is 12.1. The van der Waals surface area contributed by atoms with Gasteiger partial charge in [-0.15, -0.1) is 69.1 Å². The number of halogens is 2. The van der Waals surface area contributed by atoms with E-state index in [1.165, 1.54) is 70.9 Å². The van der Waals surface area contributed by atoms with E-state index in [0.717, 1.165) is 6.42 Å². The van der Waals surface area contributed by atoms with Crippen molar-refractivity contribution in [1.82, 2.24) is 0 Å². The maximum absolute atomic E-state index is 2.36. The standard InChI is InChI=1S/C22H15.C14H11.2ClH.Zr/c1-2-6-18-12-15(11-17(18)5-1)13-20-14-19-9-3-7-16-8-4-10-21(20)22(16)19;1-10-8-12-7-6-11-4-2-3-5-13(11)14(12)9-10;;;/h1-12,14H,13H2;2-9H,1H3;2*1H;/q2*-1;;;+4/p-2. The van der Waals surface area contributed by atoms with Crippen LogP contribution in [0.15, 0.2) is 121 Å². The summed E-state index contributed by atoms with van der Waals surface area (Å²) in [4.78, 5) is 0. The number of allylic oxidation sites excluding steroid dienone is 1. The number of aryl methyl sites for hydroxylation is 1. The zero-order chi connectivity index (χ0) is 24.1. The van der Waals surface area contributed by atoms with Crippen molar-refractivity contribution in [1.29, 1.82) is 0 Å². The fourth-order valence-corrected chi connectivity index (χ4v) is 5.82. The SMILES string of the molecule is C1=C(Cc2cc3ccccc3[cH-]2)c2cccc3cccc1c23.Cc1cc2c(ccc3ccccc32)[cH-]1.[Cl-].[Cl-].[Zr+4]. The molecular weight excluding hydrogens is 595 g/mol. The van der Waals surface area contributed by atoms with Gasteiger partial charge in [0.05, 0.1) is 0 Å². The van der Waals surface area contributed by atoms with Crippen LogP contribution >= 0.6 is 0 Å².